The van der Waals surface area contributed by atoms with Gasteiger partial charge in [-0.15, -0.1) is 0 Å². The Morgan fingerprint density at radius 1 is 1.07 bits per heavy atom. The minimum atomic E-state index is -0.575. The van der Waals surface area contributed by atoms with Crippen LogP contribution < -0.4 is 4.90 Å². The molecule has 0 fully saturated rings. The van der Waals surface area contributed by atoms with Crippen LogP contribution >= 0.6 is 11.6 Å². The number of halogens is 1. The van der Waals surface area contributed by atoms with Crippen LogP contribution in [0.4, 0.5) is 5.69 Å². The molecule has 0 saturated carbocycles. The van der Waals surface area contributed by atoms with Crippen LogP contribution in [0.2, 0.25) is 5.02 Å². The van der Waals surface area contributed by atoms with Gasteiger partial charge in [0.15, 0.2) is 6.61 Å². The molecule has 0 N–H and O–H groups in total. The molecule has 0 aliphatic rings. The second-order valence-electron chi connectivity index (χ2n) is 6.76. The predicted octanol–water partition coefficient (Wildman–Crippen LogP) is 3.93. The van der Waals surface area contributed by atoms with E-state index in [1.807, 2.05) is 62.3 Å². The first-order chi connectivity index (χ1) is 13.3. The van der Waals surface area contributed by atoms with Crippen LogP contribution in [0.25, 0.3) is 6.08 Å². The maximum Gasteiger partial charge on any atom is 0.331 e. The number of hydrogen-bond donors (Lipinski definition) is 0. The first-order valence-corrected chi connectivity index (χ1v) is 9.25. The Kier molecular flexibility index (Phi) is 7.64. The second kappa shape index (κ2) is 9.95. The van der Waals surface area contributed by atoms with Gasteiger partial charge in [-0.25, -0.2) is 4.79 Å². The van der Waals surface area contributed by atoms with E-state index < -0.39 is 5.97 Å². The van der Waals surface area contributed by atoms with Crippen LogP contribution in [0.5, 0.6) is 0 Å². The summed E-state index contributed by atoms with van der Waals surface area (Å²) in [6.07, 6.45) is 2.89. The summed E-state index contributed by atoms with van der Waals surface area (Å²) in [5, 5.41) is 0.630. The third-order valence-corrected chi connectivity index (χ3v) is 4.65. The molecule has 0 bridgehead atoms. The largest absolute Gasteiger partial charge is 0.452 e. The fourth-order valence-electron chi connectivity index (χ4n) is 2.43. The topological polar surface area (TPSA) is 49.9 Å². The van der Waals surface area contributed by atoms with E-state index in [0.717, 1.165) is 22.4 Å². The number of ether oxygens (including phenoxy) is 1. The zero-order valence-corrected chi connectivity index (χ0v) is 17.4. The number of esters is 1. The summed E-state index contributed by atoms with van der Waals surface area (Å²) >= 11 is 6.05. The minimum absolute atomic E-state index is 0.267. The molecule has 0 atom stereocenters. The van der Waals surface area contributed by atoms with Crippen molar-refractivity contribution in [3.8, 4) is 0 Å². The van der Waals surface area contributed by atoms with E-state index in [0.29, 0.717) is 11.6 Å². The van der Waals surface area contributed by atoms with Crippen LogP contribution in [0.15, 0.2) is 48.5 Å². The van der Waals surface area contributed by atoms with Gasteiger partial charge in [0.1, 0.15) is 0 Å². The quantitative estimate of drug-likeness (QED) is 0.522. The fourth-order valence-corrected chi connectivity index (χ4v) is 2.62. The van der Waals surface area contributed by atoms with Gasteiger partial charge >= 0.3 is 5.97 Å². The highest BCUT2D eigenvalue weighted by Gasteiger charge is 2.11. The Bertz CT molecular complexity index is 861. The molecule has 0 aromatic heterocycles. The summed E-state index contributed by atoms with van der Waals surface area (Å²) in [4.78, 5) is 27.6. The third-order valence-electron chi connectivity index (χ3n) is 4.24. The number of carbonyl (C=O) groups excluding carboxylic acids is 2. The van der Waals surface area contributed by atoms with Gasteiger partial charge < -0.3 is 14.5 Å². The van der Waals surface area contributed by atoms with Gasteiger partial charge in [0.2, 0.25) is 0 Å². The number of carbonyl (C=O) groups is 2. The van der Waals surface area contributed by atoms with Crippen molar-refractivity contribution >= 4 is 35.2 Å². The van der Waals surface area contributed by atoms with E-state index in [4.69, 9.17) is 16.3 Å². The molecule has 0 unspecified atom stereocenters. The molecular weight excluding hydrogens is 376 g/mol. The van der Waals surface area contributed by atoms with Crippen LogP contribution in [0, 0.1) is 6.92 Å². The second-order valence-corrected chi connectivity index (χ2v) is 7.17. The maximum absolute atomic E-state index is 12.2. The van der Waals surface area contributed by atoms with E-state index in [1.54, 1.807) is 19.2 Å². The normalized spacial score (nSPS) is 10.8. The zero-order chi connectivity index (χ0) is 20.7. The standard InChI is InChI=1S/C22H25ClN2O3/c1-16-5-6-17(13-20(16)23)9-12-22(27)28-15-21(26)25(4)14-18-7-10-19(11-8-18)24(2)3/h5-13H,14-15H2,1-4H3/b12-9+. The SMILES string of the molecule is Cc1ccc(/C=C/C(=O)OCC(=O)N(C)Cc2ccc(N(C)C)cc2)cc1Cl. The molecule has 0 aliphatic heterocycles. The molecule has 6 heteroatoms. The van der Waals surface area contributed by atoms with E-state index in [-0.39, 0.29) is 12.5 Å². The average molecular weight is 401 g/mol. The first kappa shape index (κ1) is 21.5. The van der Waals surface area contributed by atoms with Crippen molar-refractivity contribution < 1.29 is 14.3 Å². The first-order valence-electron chi connectivity index (χ1n) is 8.87. The molecule has 2 aromatic carbocycles. The summed E-state index contributed by atoms with van der Waals surface area (Å²) < 4.78 is 5.03. The molecule has 2 rings (SSSR count). The van der Waals surface area contributed by atoms with Crippen molar-refractivity contribution in [2.75, 3.05) is 32.6 Å². The molecule has 2 aromatic rings. The highest BCUT2D eigenvalue weighted by molar-refractivity contribution is 6.31. The van der Waals surface area contributed by atoms with E-state index in [2.05, 4.69) is 0 Å². The molecule has 0 saturated heterocycles. The average Bonchev–Trinajstić information content (AvgIpc) is 2.67. The van der Waals surface area contributed by atoms with Gasteiger partial charge in [-0.1, -0.05) is 35.9 Å². The van der Waals surface area contributed by atoms with Gasteiger partial charge in [-0.05, 0) is 47.9 Å². The predicted molar refractivity (Wildman–Crippen MR) is 113 cm³/mol. The lowest BCUT2D eigenvalue weighted by Gasteiger charge is -2.18. The monoisotopic (exact) mass is 400 g/mol. The summed E-state index contributed by atoms with van der Waals surface area (Å²) in [5.74, 6) is -0.842. The molecule has 148 valence electrons. The van der Waals surface area contributed by atoms with Crippen molar-refractivity contribution in [3.05, 3.63) is 70.3 Å². The summed E-state index contributed by atoms with van der Waals surface area (Å²) in [7, 11) is 5.63. The number of hydrogen-bond acceptors (Lipinski definition) is 4. The summed E-state index contributed by atoms with van der Waals surface area (Å²) in [6, 6.07) is 13.4. The molecule has 0 spiro atoms. The molecule has 0 aliphatic carbocycles. The van der Waals surface area contributed by atoms with Crippen LogP contribution in [0.1, 0.15) is 16.7 Å². The highest BCUT2D eigenvalue weighted by Crippen LogP contribution is 2.17. The van der Waals surface area contributed by atoms with Crippen LogP contribution in [0.3, 0.4) is 0 Å². The summed E-state index contributed by atoms with van der Waals surface area (Å²) in [5.41, 5.74) is 3.85. The van der Waals surface area contributed by atoms with E-state index >= 15 is 0 Å². The molecule has 28 heavy (non-hydrogen) atoms. The van der Waals surface area contributed by atoms with Gasteiger partial charge in [0, 0.05) is 44.5 Å². The lowest BCUT2D eigenvalue weighted by atomic mass is 10.1. The molecule has 5 nitrogen and oxygen atoms in total. The number of benzene rings is 2. The van der Waals surface area contributed by atoms with Crippen molar-refractivity contribution in [1.82, 2.24) is 4.90 Å². The molecular formula is C22H25ClN2O3. The Morgan fingerprint density at radius 3 is 2.36 bits per heavy atom. The Hall–Kier alpha value is -2.79. The smallest absolute Gasteiger partial charge is 0.331 e. The molecule has 0 radical (unpaired) electrons. The maximum atomic E-state index is 12.2. The Morgan fingerprint density at radius 2 is 1.75 bits per heavy atom. The van der Waals surface area contributed by atoms with E-state index in [9.17, 15) is 9.59 Å². The third kappa shape index (κ3) is 6.43. The van der Waals surface area contributed by atoms with E-state index in [1.165, 1.54) is 11.0 Å². The lowest BCUT2D eigenvalue weighted by molar-refractivity contribution is -0.147. The number of amides is 1. The number of anilines is 1. The van der Waals surface area contributed by atoms with Gasteiger partial charge in [-0.2, -0.15) is 0 Å². The molecule has 0 heterocycles. The summed E-state index contributed by atoms with van der Waals surface area (Å²) in [6.45, 7) is 2.05. The van der Waals surface area contributed by atoms with Crippen molar-refractivity contribution in [2.45, 2.75) is 13.5 Å². The number of rotatable bonds is 7. The van der Waals surface area contributed by atoms with Crippen molar-refractivity contribution in [3.63, 3.8) is 0 Å². The Labute approximate surface area is 171 Å². The lowest BCUT2D eigenvalue weighted by Crippen LogP contribution is -2.30. The highest BCUT2D eigenvalue weighted by atomic mass is 35.5. The number of likely N-dealkylation sites (N-methyl/N-ethyl adjacent to an activating group) is 1. The van der Waals surface area contributed by atoms with Crippen LogP contribution in [-0.4, -0.2) is 44.5 Å². The van der Waals surface area contributed by atoms with Gasteiger partial charge in [0.05, 0.1) is 0 Å². The number of nitrogens with zero attached hydrogens (tertiary/aromatic N) is 2. The van der Waals surface area contributed by atoms with Crippen molar-refractivity contribution in [1.29, 1.82) is 0 Å². The van der Waals surface area contributed by atoms with Gasteiger partial charge in [-0.3, -0.25) is 4.79 Å². The Balaban J connectivity index is 1.82. The van der Waals surface area contributed by atoms with Crippen LogP contribution in [-0.2, 0) is 20.9 Å². The van der Waals surface area contributed by atoms with Gasteiger partial charge in [0.25, 0.3) is 5.91 Å². The molecule has 1 amide bonds. The minimum Gasteiger partial charge on any atom is -0.452 e. The zero-order valence-electron chi connectivity index (χ0n) is 16.6. The number of aryl methyl sites for hydroxylation is 1. The van der Waals surface area contributed by atoms with Crippen molar-refractivity contribution in [2.24, 2.45) is 0 Å². The fraction of sp³-hybridized carbons (Fsp3) is 0.273.